The Bertz CT molecular complexity index is 613. The average molecular weight is 291 g/mol. The predicted octanol–water partition coefficient (Wildman–Crippen LogP) is -0.211. The van der Waals surface area contributed by atoms with E-state index < -0.39 is 24.3 Å². The van der Waals surface area contributed by atoms with Gasteiger partial charge in [0.25, 0.3) is 5.56 Å². The second-order valence-electron chi connectivity index (χ2n) is 3.66. The fourth-order valence-corrected chi connectivity index (χ4v) is 2.13. The topological polar surface area (TPSA) is 39.8 Å². The van der Waals surface area contributed by atoms with Crippen LogP contribution in [0.4, 0.5) is 13.2 Å². The molecule has 1 rings (SSSR count). The number of halogens is 3. The van der Waals surface area contributed by atoms with E-state index in [9.17, 15) is 18.0 Å². The lowest BCUT2D eigenvalue weighted by Gasteiger charge is -2.15. The monoisotopic (exact) mass is 291 g/mol. The first-order valence-corrected chi connectivity index (χ1v) is 6.31. The van der Waals surface area contributed by atoms with E-state index in [1.165, 1.54) is 0 Å². The Morgan fingerprint density at radius 1 is 1.61 bits per heavy atom. The van der Waals surface area contributed by atoms with Crippen molar-refractivity contribution in [1.29, 1.82) is 0 Å². The van der Waals surface area contributed by atoms with Gasteiger partial charge in [0, 0.05) is 4.56 Å². The predicted molar refractivity (Wildman–Crippen MR) is 65.1 cm³/mol. The van der Waals surface area contributed by atoms with Crippen molar-refractivity contribution in [2.24, 2.45) is 0 Å². The molecule has 0 amide bonds. The summed E-state index contributed by atoms with van der Waals surface area (Å²) in [6, 6.07) is -0.606. The van der Waals surface area contributed by atoms with E-state index >= 15 is 0 Å². The lowest BCUT2D eigenvalue weighted by Crippen LogP contribution is -2.43. The van der Waals surface area contributed by atoms with E-state index in [1.54, 1.807) is 6.92 Å². The molecule has 0 bridgehead atoms. The molecular formula is C9H9AlF3N3OS. The van der Waals surface area contributed by atoms with Gasteiger partial charge in [-0.05, 0) is 19.1 Å². The smallest absolute Gasteiger partial charge is 0.275 e. The maximum Gasteiger partial charge on any atom is 0.406 e. The minimum absolute atomic E-state index is 0.0509. The molecule has 0 spiro atoms. The minimum atomic E-state index is -4.52. The first-order valence-electron chi connectivity index (χ1n) is 4.90. The van der Waals surface area contributed by atoms with Gasteiger partial charge in [-0.1, -0.05) is 5.92 Å². The third-order valence-corrected chi connectivity index (χ3v) is 3.22. The van der Waals surface area contributed by atoms with Crippen LogP contribution in [-0.2, 0) is 6.54 Å². The zero-order valence-corrected chi connectivity index (χ0v) is 12.5. The van der Waals surface area contributed by atoms with Crippen LogP contribution in [-0.4, -0.2) is 36.8 Å². The standard InChI is InChI=1S/C9H7F3N3OS.Al.2H/c1-3-6(2)15-8(17)14(5-9(10,11)12)7(16)4-13-15;;;/h1,6H,5H2,2H3;;;. The third-order valence-electron chi connectivity index (χ3n) is 2.18. The molecule has 0 aromatic carbocycles. The molecule has 0 aliphatic rings. The number of terminal acetylenes is 1. The molecule has 1 heterocycles. The Kier molecular flexibility index (Phi) is 4.38. The highest BCUT2D eigenvalue weighted by Crippen LogP contribution is 2.16. The zero-order valence-electron chi connectivity index (χ0n) is 9.65. The van der Waals surface area contributed by atoms with Crippen LogP contribution in [0, 0.1) is 17.1 Å². The first kappa shape index (κ1) is 15.0. The van der Waals surface area contributed by atoms with Crippen molar-refractivity contribution in [2.45, 2.75) is 25.7 Å². The number of hydrogen-bond donors (Lipinski definition) is 0. The molecule has 18 heavy (non-hydrogen) atoms. The summed E-state index contributed by atoms with van der Waals surface area (Å²) in [6.45, 7) is 0.131. The third kappa shape index (κ3) is 3.23. The van der Waals surface area contributed by atoms with Crippen LogP contribution >= 0.6 is 12.2 Å². The van der Waals surface area contributed by atoms with Gasteiger partial charge >= 0.3 is 22.5 Å². The number of rotatable bonds is 2. The summed E-state index contributed by atoms with van der Waals surface area (Å²) in [5, 5.41) is 3.86. The lowest BCUT2D eigenvalue weighted by molar-refractivity contribution is -0.141. The van der Waals surface area contributed by atoms with Crippen molar-refractivity contribution in [3.05, 3.63) is 15.1 Å². The van der Waals surface area contributed by atoms with E-state index in [2.05, 4.69) is 11.0 Å². The van der Waals surface area contributed by atoms with Crippen LogP contribution in [0.15, 0.2) is 4.79 Å². The molecule has 4 nitrogen and oxygen atoms in total. The van der Waals surface area contributed by atoms with Crippen molar-refractivity contribution in [3.63, 3.8) is 0 Å². The Hall–Kier alpha value is -1.09. The fourth-order valence-electron chi connectivity index (χ4n) is 1.29. The SMILES string of the molecule is C#CC(C)n1n[c]([AlH2])c(=O)n(CC(F)(F)F)c1=S. The second kappa shape index (κ2) is 5.27. The molecule has 0 N–H and O–H groups in total. The Morgan fingerprint density at radius 2 is 2.17 bits per heavy atom. The van der Waals surface area contributed by atoms with Crippen LogP contribution in [0.2, 0.25) is 0 Å². The van der Waals surface area contributed by atoms with Crippen molar-refractivity contribution in [1.82, 2.24) is 14.3 Å². The first-order chi connectivity index (χ1) is 8.17. The van der Waals surface area contributed by atoms with Crippen molar-refractivity contribution in [2.75, 3.05) is 0 Å². The number of nitrogens with zero attached hydrogens (tertiary/aromatic N) is 3. The van der Waals surface area contributed by atoms with Crippen molar-refractivity contribution >= 4 is 33.1 Å². The second-order valence-corrected chi connectivity index (χ2v) is 4.97. The van der Waals surface area contributed by atoms with Crippen LogP contribution in [0.1, 0.15) is 13.0 Å². The van der Waals surface area contributed by atoms with Gasteiger partial charge < -0.3 is 0 Å². The summed E-state index contributed by atoms with van der Waals surface area (Å²) in [5.74, 6) is 2.31. The molecule has 0 radical (unpaired) electrons. The minimum Gasteiger partial charge on any atom is -0.275 e. The number of aromatic nitrogens is 3. The van der Waals surface area contributed by atoms with E-state index in [4.69, 9.17) is 18.6 Å². The molecule has 1 unspecified atom stereocenters. The molecule has 1 aromatic rings. The maximum atomic E-state index is 12.4. The Morgan fingerprint density at radius 3 is 2.61 bits per heavy atom. The van der Waals surface area contributed by atoms with E-state index in [0.717, 1.165) is 4.68 Å². The molecule has 0 aliphatic carbocycles. The van der Waals surface area contributed by atoms with Gasteiger partial charge in [-0.3, -0.25) is 9.36 Å². The van der Waals surface area contributed by atoms with Crippen molar-refractivity contribution in [3.8, 4) is 12.3 Å². The highest BCUT2D eigenvalue weighted by atomic mass is 32.1. The summed E-state index contributed by atoms with van der Waals surface area (Å²) in [5.41, 5.74) is -0.801. The van der Waals surface area contributed by atoms with Gasteiger partial charge in [0.05, 0.1) is 0 Å². The normalized spacial score (nSPS) is 13.1. The summed E-state index contributed by atoms with van der Waals surface area (Å²) in [4.78, 5) is 11.6. The molecule has 0 fully saturated rings. The van der Waals surface area contributed by atoms with E-state index in [0.29, 0.717) is 4.57 Å². The maximum absolute atomic E-state index is 12.4. The zero-order chi connectivity index (χ0) is 14.1. The van der Waals surface area contributed by atoms with Crippen LogP contribution in [0.5, 0.6) is 0 Å². The molecule has 1 aromatic heterocycles. The van der Waals surface area contributed by atoms with Crippen molar-refractivity contribution < 1.29 is 13.2 Å². The molecule has 0 aliphatic heterocycles. The summed E-state index contributed by atoms with van der Waals surface area (Å²) in [6.07, 6.45) is 0.659. The molecular weight excluding hydrogens is 282 g/mol. The van der Waals surface area contributed by atoms with Crippen LogP contribution in [0.25, 0.3) is 0 Å². The highest BCUT2D eigenvalue weighted by Gasteiger charge is 2.29. The van der Waals surface area contributed by atoms with E-state index in [-0.39, 0.29) is 25.6 Å². The fraction of sp³-hybridized carbons (Fsp3) is 0.444. The molecule has 0 saturated heterocycles. The Labute approximate surface area is 114 Å². The number of alkyl halides is 3. The molecule has 0 saturated carbocycles. The van der Waals surface area contributed by atoms with Gasteiger partial charge in [-0.15, -0.1) is 6.42 Å². The van der Waals surface area contributed by atoms with Gasteiger partial charge in [-0.2, -0.15) is 18.3 Å². The van der Waals surface area contributed by atoms with E-state index in [1.807, 2.05) is 0 Å². The largest absolute Gasteiger partial charge is 0.406 e. The molecule has 9 heteroatoms. The summed E-state index contributed by atoms with van der Waals surface area (Å²) in [7, 11) is 0. The number of hydrogen-bond acceptors (Lipinski definition) is 3. The van der Waals surface area contributed by atoms with Gasteiger partial charge in [-0.25, -0.2) is 4.68 Å². The summed E-state index contributed by atoms with van der Waals surface area (Å²) >= 11 is 5.05. The Balaban J connectivity index is 3.52. The highest BCUT2D eigenvalue weighted by molar-refractivity contribution is 7.71. The van der Waals surface area contributed by atoms with Gasteiger partial charge in [0.2, 0.25) is 4.77 Å². The molecule has 96 valence electrons. The lowest BCUT2D eigenvalue weighted by atomic mass is 10.4. The van der Waals surface area contributed by atoms with Crippen LogP contribution in [0.3, 0.4) is 0 Å². The average Bonchev–Trinajstić information content (AvgIpc) is 2.27. The molecule has 1 atom stereocenters. The van der Waals surface area contributed by atoms with Gasteiger partial charge in [0.1, 0.15) is 12.6 Å². The quantitative estimate of drug-likeness (QED) is 0.430. The summed E-state index contributed by atoms with van der Waals surface area (Å²) < 4.78 is 38.5. The van der Waals surface area contributed by atoms with Crippen LogP contribution < -0.4 is 10.1 Å². The van der Waals surface area contributed by atoms with Gasteiger partial charge in [0.15, 0.2) is 0 Å².